The van der Waals surface area contributed by atoms with Crippen LogP contribution in [0.5, 0.6) is 0 Å². The first kappa shape index (κ1) is 12.1. The van der Waals surface area contributed by atoms with E-state index in [9.17, 15) is 4.79 Å². The molecule has 0 spiro atoms. The van der Waals surface area contributed by atoms with Crippen molar-refractivity contribution in [1.29, 1.82) is 0 Å². The van der Waals surface area contributed by atoms with Gasteiger partial charge in [0.1, 0.15) is 6.20 Å². The second kappa shape index (κ2) is 4.96. The molecule has 0 aliphatic carbocycles. The number of H-pyrrole nitrogens is 1. The molecule has 100 valence electrons. The first-order valence-electron chi connectivity index (χ1n) is 5.99. The molecule has 7 heteroatoms. The molecule has 0 fully saturated rings. The van der Waals surface area contributed by atoms with E-state index >= 15 is 0 Å². The van der Waals surface area contributed by atoms with Gasteiger partial charge in [0, 0.05) is 29.7 Å². The fourth-order valence-electron chi connectivity index (χ4n) is 2.00. The van der Waals surface area contributed by atoms with Gasteiger partial charge < -0.3 is 4.57 Å². The van der Waals surface area contributed by atoms with Crippen LogP contribution in [0.3, 0.4) is 0 Å². The Morgan fingerprint density at radius 1 is 1.40 bits per heavy atom. The number of benzene rings is 1. The van der Waals surface area contributed by atoms with Gasteiger partial charge in [-0.2, -0.15) is 5.10 Å². The van der Waals surface area contributed by atoms with Crippen molar-refractivity contribution in [3.63, 3.8) is 0 Å². The number of fused-ring (bicyclic) bond motifs is 1. The lowest BCUT2D eigenvalue weighted by molar-refractivity contribution is 0.939. The Morgan fingerprint density at radius 2 is 2.25 bits per heavy atom. The standard InChI is InChI=1S/C13H12N6O/c1-19-8-9(10-4-2-3-5-11(10)19)6-14-17-13-16-12(20)7-15-18-13/h2-8H,1H3,(H2,16,17,18,20)/b14-6+. The van der Waals surface area contributed by atoms with Gasteiger partial charge in [0.2, 0.25) is 5.95 Å². The lowest BCUT2D eigenvalue weighted by atomic mass is 10.2. The van der Waals surface area contributed by atoms with Crippen molar-refractivity contribution in [2.45, 2.75) is 0 Å². The Bertz CT molecular complexity index is 832. The van der Waals surface area contributed by atoms with E-state index in [1.807, 2.05) is 42.1 Å². The lowest BCUT2D eigenvalue weighted by Gasteiger charge is -1.95. The number of aromatic amines is 1. The van der Waals surface area contributed by atoms with Crippen LogP contribution < -0.4 is 11.0 Å². The smallest absolute Gasteiger partial charge is 0.271 e. The van der Waals surface area contributed by atoms with Crippen LogP contribution in [0.4, 0.5) is 5.95 Å². The number of aromatic nitrogens is 4. The lowest BCUT2D eigenvalue weighted by Crippen LogP contribution is -2.10. The van der Waals surface area contributed by atoms with Crippen LogP contribution in [-0.2, 0) is 7.05 Å². The normalized spacial score (nSPS) is 11.2. The summed E-state index contributed by atoms with van der Waals surface area (Å²) in [5, 5.41) is 12.4. The molecular formula is C13H12N6O. The second-order valence-corrected chi connectivity index (χ2v) is 4.26. The summed E-state index contributed by atoms with van der Waals surface area (Å²) in [4.78, 5) is 13.5. The molecule has 7 nitrogen and oxygen atoms in total. The molecule has 2 N–H and O–H groups in total. The fraction of sp³-hybridized carbons (Fsp3) is 0.0769. The topological polar surface area (TPSA) is 88.0 Å². The van der Waals surface area contributed by atoms with Crippen LogP contribution >= 0.6 is 0 Å². The summed E-state index contributed by atoms with van der Waals surface area (Å²) in [6.45, 7) is 0. The van der Waals surface area contributed by atoms with E-state index in [0.29, 0.717) is 0 Å². The molecule has 3 rings (SSSR count). The highest BCUT2D eigenvalue weighted by atomic mass is 16.1. The predicted octanol–water partition coefficient (Wildman–Crippen LogP) is 1.10. The third kappa shape index (κ3) is 2.28. The third-order valence-electron chi connectivity index (χ3n) is 2.88. The van der Waals surface area contributed by atoms with Crippen molar-refractivity contribution in [2.24, 2.45) is 12.1 Å². The highest BCUT2D eigenvalue weighted by Crippen LogP contribution is 2.18. The molecule has 1 aromatic carbocycles. The quantitative estimate of drug-likeness (QED) is 0.550. The zero-order valence-electron chi connectivity index (χ0n) is 10.7. The van der Waals surface area contributed by atoms with Gasteiger partial charge in [-0.25, -0.2) is 5.43 Å². The zero-order valence-corrected chi connectivity index (χ0v) is 10.7. The molecule has 0 unspecified atom stereocenters. The maximum atomic E-state index is 11.0. The minimum atomic E-state index is -0.331. The highest BCUT2D eigenvalue weighted by Gasteiger charge is 2.03. The SMILES string of the molecule is Cn1cc(/C=N/Nc2nncc(=O)[nH]2)c2ccccc21. The van der Waals surface area contributed by atoms with E-state index in [2.05, 4.69) is 25.7 Å². The Hall–Kier alpha value is -2.96. The van der Waals surface area contributed by atoms with Crippen LogP contribution in [0.25, 0.3) is 10.9 Å². The number of aryl methyl sites for hydroxylation is 1. The Labute approximate surface area is 114 Å². The van der Waals surface area contributed by atoms with E-state index in [4.69, 9.17) is 0 Å². The van der Waals surface area contributed by atoms with Crippen LogP contribution in [0.2, 0.25) is 0 Å². The Morgan fingerprint density at radius 3 is 3.10 bits per heavy atom. The van der Waals surface area contributed by atoms with Gasteiger partial charge >= 0.3 is 0 Å². The number of para-hydroxylation sites is 1. The van der Waals surface area contributed by atoms with Crippen LogP contribution in [0.1, 0.15) is 5.56 Å². The number of rotatable bonds is 3. The van der Waals surface area contributed by atoms with Crippen LogP contribution in [0.15, 0.2) is 46.6 Å². The summed E-state index contributed by atoms with van der Waals surface area (Å²) in [7, 11) is 1.98. The molecule has 20 heavy (non-hydrogen) atoms. The molecule has 0 aliphatic heterocycles. The minimum Gasteiger partial charge on any atom is -0.350 e. The van der Waals surface area contributed by atoms with E-state index in [-0.39, 0.29) is 11.5 Å². The molecule has 0 saturated carbocycles. The second-order valence-electron chi connectivity index (χ2n) is 4.26. The van der Waals surface area contributed by atoms with Crippen molar-refractivity contribution in [3.05, 3.63) is 52.6 Å². The van der Waals surface area contributed by atoms with Gasteiger partial charge in [0.15, 0.2) is 0 Å². The van der Waals surface area contributed by atoms with Crippen LogP contribution in [-0.4, -0.2) is 26.0 Å². The molecular weight excluding hydrogens is 256 g/mol. The minimum absolute atomic E-state index is 0.203. The predicted molar refractivity (Wildman–Crippen MR) is 76.8 cm³/mol. The maximum absolute atomic E-state index is 11.0. The molecule has 0 aliphatic rings. The van der Waals surface area contributed by atoms with Gasteiger partial charge in [0.05, 0.1) is 6.21 Å². The summed E-state index contributed by atoms with van der Waals surface area (Å²) in [6.07, 6.45) is 4.75. The summed E-state index contributed by atoms with van der Waals surface area (Å²) < 4.78 is 2.03. The van der Waals surface area contributed by atoms with E-state index < -0.39 is 0 Å². The number of nitrogens with one attached hydrogen (secondary N) is 2. The van der Waals surface area contributed by atoms with Gasteiger partial charge in [-0.15, -0.1) is 10.2 Å². The summed E-state index contributed by atoms with van der Waals surface area (Å²) in [5.74, 6) is 0.203. The molecule has 3 aromatic rings. The number of hydrazone groups is 1. The molecule has 2 heterocycles. The average Bonchev–Trinajstić information content (AvgIpc) is 2.77. The summed E-state index contributed by atoms with van der Waals surface area (Å²) >= 11 is 0. The van der Waals surface area contributed by atoms with Crippen molar-refractivity contribution in [2.75, 3.05) is 5.43 Å². The Kier molecular flexibility index (Phi) is 3.00. The van der Waals surface area contributed by atoms with Crippen molar-refractivity contribution in [1.82, 2.24) is 19.7 Å². The highest BCUT2D eigenvalue weighted by molar-refractivity contribution is 5.99. The molecule has 0 atom stereocenters. The zero-order chi connectivity index (χ0) is 13.9. The van der Waals surface area contributed by atoms with Crippen molar-refractivity contribution >= 4 is 23.1 Å². The summed E-state index contributed by atoms with van der Waals surface area (Å²) in [5.41, 5.74) is 4.41. The first-order chi connectivity index (χ1) is 9.74. The molecule has 2 aromatic heterocycles. The maximum Gasteiger partial charge on any atom is 0.271 e. The number of nitrogens with zero attached hydrogens (tertiary/aromatic N) is 4. The summed E-state index contributed by atoms with van der Waals surface area (Å²) in [6, 6.07) is 8.04. The molecule has 0 saturated heterocycles. The van der Waals surface area contributed by atoms with Crippen molar-refractivity contribution in [3.8, 4) is 0 Å². The number of hydrogen-bond acceptors (Lipinski definition) is 5. The number of hydrogen-bond donors (Lipinski definition) is 2. The largest absolute Gasteiger partial charge is 0.350 e. The molecule has 0 bridgehead atoms. The van der Waals surface area contributed by atoms with Gasteiger partial charge in [-0.05, 0) is 6.07 Å². The van der Waals surface area contributed by atoms with Crippen molar-refractivity contribution < 1.29 is 0 Å². The fourth-order valence-corrected chi connectivity index (χ4v) is 2.00. The van der Waals surface area contributed by atoms with Gasteiger partial charge in [-0.1, -0.05) is 18.2 Å². The van der Waals surface area contributed by atoms with E-state index in [1.54, 1.807) is 6.21 Å². The Balaban J connectivity index is 1.86. The average molecular weight is 268 g/mol. The van der Waals surface area contributed by atoms with E-state index in [0.717, 1.165) is 22.7 Å². The third-order valence-corrected chi connectivity index (χ3v) is 2.88. The van der Waals surface area contributed by atoms with Gasteiger partial charge in [-0.3, -0.25) is 9.78 Å². The monoisotopic (exact) mass is 268 g/mol. The number of anilines is 1. The first-order valence-corrected chi connectivity index (χ1v) is 5.99. The van der Waals surface area contributed by atoms with Crippen LogP contribution in [0, 0.1) is 0 Å². The molecule has 0 radical (unpaired) electrons. The van der Waals surface area contributed by atoms with Gasteiger partial charge in [0.25, 0.3) is 5.56 Å². The van der Waals surface area contributed by atoms with E-state index in [1.165, 1.54) is 0 Å². The molecule has 0 amide bonds.